The van der Waals surface area contributed by atoms with Crippen LogP contribution in [0.3, 0.4) is 0 Å². The number of ether oxygens (including phenoxy) is 1. The number of benzene rings is 2. The van der Waals surface area contributed by atoms with Crippen molar-refractivity contribution in [2.45, 2.75) is 13.0 Å². The van der Waals surface area contributed by atoms with E-state index in [9.17, 15) is 9.59 Å². The fourth-order valence-electron chi connectivity index (χ4n) is 4.58. The number of aryl methyl sites for hydroxylation is 1. The highest BCUT2D eigenvalue weighted by Gasteiger charge is 2.43. The summed E-state index contributed by atoms with van der Waals surface area (Å²) in [6.07, 6.45) is 0. The zero-order chi connectivity index (χ0) is 22.4. The molecule has 166 valence electrons. The number of rotatable bonds is 4. The fraction of sp³-hybridized carbons (Fsp3) is 0.333. The standard InChI is InChI=1S/C24H22Cl2N2O4/c1-14-2-5-19-16(12-14)22(29)20-21(15-3-4-17(25)18(26)13-15)28(24(30)23(20)32-19)7-6-27-8-10-31-11-9-27/h2-5,12-13,21H,6-11H2,1H3/p+1/t21-/m0/s1. The summed E-state index contributed by atoms with van der Waals surface area (Å²) in [5.41, 5.74) is 2.29. The molecule has 1 atom stereocenters. The third kappa shape index (κ3) is 3.71. The zero-order valence-electron chi connectivity index (χ0n) is 17.6. The van der Waals surface area contributed by atoms with Gasteiger partial charge in [-0.2, -0.15) is 0 Å². The van der Waals surface area contributed by atoms with E-state index in [4.69, 9.17) is 32.4 Å². The van der Waals surface area contributed by atoms with Gasteiger partial charge in [0.15, 0.2) is 5.43 Å². The van der Waals surface area contributed by atoms with E-state index in [1.165, 1.54) is 4.90 Å². The second kappa shape index (κ2) is 8.52. The van der Waals surface area contributed by atoms with Crippen LogP contribution in [0.2, 0.25) is 10.0 Å². The number of carbonyl (C=O) groups is 1. The Kier molecular flexibility index (Phi) is 5.72. The Labute approximate surface area is 195 Å². The lowest BCUT2D eigenvalue weighted by molar-refractivity contribution is -0.907. The molecule has 1 saturated heterocycles. The number of nitrogens with one attached hydrogen (secondary N) is 1. The van der Waals surface area contributed by atoms with Gasteiger partial charge in [-0.3, -0.25) is 9.59 Å². The first kappa shape index (κ1) is 21.5. The number of hydrogen-bond donors (Lipinski definition) is 1. The van der Waals surface area contributed by atoms with Crippen molar-refractivity contribution in [3.8, 4) is 0 Å². The monoisotopic (exact) mass is 473 g/mol. The summed E-state index contributed by atoms with van der Waals surface area (Å²) in [6, 6.07) is 10.1. The van der Waals surface area contributed by atoms with Crippen molar-refractivity contribution < 1.29 is 18.8 Å². The third-order valence-corrected chi connectivity index (χ3v) is 7.03. The van der Waals surface area contributed by atoms with E-state index in [1.54, 1.807) is 29.2 Å². The predicted octanol–water partition coefficient (Wildman–Crippen LogP) is 2.87. The average molecular weight is 474 g/mol. The summed E-state index contributed by atoms with van der Waals surface area (Å²) in [6.45, 7) is 6.38. The molecule has 2 aliphatic rings. The first-order chi connectivity index (χ1) is 15.4. The molecule has 0 spiro atoms. The van der Waals surface area contributed by atoms with Crippen LogP contribution in [0.15, 0.2) is 45.6 Å². The number of halogens is 2. The molecule has 32 heavy (non-hydrogen) atoms. The lowest BCUT2D eigenvalue weighted by Crippen LogP contribution is -3.14. The van der Waals surface area contributed by atoms with Crippen molar-refractivity contribution in [2.24, 2.45) is 0 Å². The minimum atomic E-state index is -0.575. The topological polar surface area (TPSA) is 64.2 Å². The van der Waals surface area contributed by atoms with Gasteiger partial charge in [0, 0.05) is 0 Å². The molecule has 2 aromatic carbocycles. The molecular weight excluding hydrogens is 451 g/mol. The molecule has 0 saturated carbocycles. The summed E-state index contributed by atoms with van der Waals surface area (Å²) < 4.78 is 11.4. The average Bonchev–Trinajstić information content (AvgIpc) is 3.07. The summed E-state index contributed by atoms with van der Waals surface area (Å²) in [7, 11) is 0. The largest absolute Gasteiger partial charge is 0.450 e. The maximum Gasteiger partial charge on any atom is 0.291 e. The normalized spacial score (nSPS) is 19.0. The molecule has 8 heteroatoms. The van der Waals surface area contributed by atoms with Gasteiger partial charge >= 0.3 is 0 Å². The number of hydrogen-bond acceptors (Lipinski definition) is 4. The Bertz CT molecular complexity index is 1270. The van der Waals surface area contributed by atoms with E-state index in [1.807, 2.05) is 19.1 Å². The fourth-order valence-corrected chi connectivity index (χ4v) is 4.89. The van der Waals surface area contributed by atoms with Crippen LogP contribution in [-0.2, 0) is 4.74 Å². The predicted molar refractivity (Wildman–Crippen MR) is 123 cm³/mol. The number of fused-ring (bicyclic) bond motifs is 2. The molecule has 1 fully saturated rings. The summed E-state index contributed by atoms with van der Waals surface area (Å²) in [5.74, 6) is -0.164. The highest BCUT2D eigenvalue weighted by molar-refractivity contribution is 6.42. The number of morpholine rings is 1. The van der Waals surface area contributed by atoms with Crippen molar-refractivity contribution >= 4 is 40.1 Å². The first-order valence-corrected chi connectivity index (χ1v) is 11.4. The molecule has 1 amide bonds. The van der Waals surface area contributed by atoms with E-state index >= 15 is 0 Å². The minimum Gasteiger partial charge on any atom is -0.450 e. The zero-order valence-corrected chi connectivity index (χ0v) is 19.1. The number of amides is 1. The van der Waals surface area contributed by atoms with Crippen LogP contribution < -0.4 is 10.3 Å². The SMILES string of the molecule is Cc1ccc2oc3c(c(=O)c2c1)[C@H](c1ccc(Cl)c(Cl)c1)N(CC[NH+]1CCOCC1)C3=O. The van der Waals surface area contributed by atoms with Gasteiger partial charge < -0.3 is 19.0 Å². The minimum absolute atomic E-state index is 0.111. The lowest BCUT2D eigenvalue weighted by atomic mass is 9.98. The molecule has 0 unspecified atom stereocenters. The quantitative estimate of drug-likeness (QED) is 0.632. The Morgan fingerprint density at radius 3 is 2.59 bits per heavy atom. The maximum atomic E-state index is 13.6. The van der Waals surface area contributed by atoms with E-state index in [-0.39, 0.29) is 17.1 Å². The van der Waals surface area contributed by atoms with E-state index in [0.717, 1.165) is 30.8 Å². The number of quaternary nitrogens is 1. The molecule has 3 aromatic rings. The van der Waals surface area contributed by atoms with Crippen molar-refractivity contribution in [1.82, 2.24) is 4.90 Å². The van der Waals surface area contributed by atoms with E-state index in [2.05, 4.69) is 0 Å². The van der Waals surface area contributed by atoms with Gasteiger partial charge in [0.2, 0.25) is 5.76 Å². The van der Waals surface area contributed by atoms with Gasteiger partial charge in [-0.1, -0.05) is 40.9 Å². The Morgan fingerprint density at radius 2 is 1.84 bits per heavy atom. The van der Waals surface area contributed by atoms with Crippen LogP contribution in [-0.4, -0.2) is 50.2 Å². The number of nitrogens with zero attached hydrogens (tertiary/aromatic N) is 1. The summed E-state index contributed by atoms with van der Waals surface area (Å²) in [4.78, 5) is 30.1. The molecule has 0 radical (unpaired) electrons. The maximum absolute atomic E-state index is 13.6. The highest BCUT2D eigenvalue weighted by atomic mass is 35.5. The Morgan fingerprint density at radius 1 is 1.06 bits per heavy atom. The van der Waals surface area contributed by atoms with Gasteiger partial charge in [-0.15, -0.1) is 0 Å². The third-order valence-electron chi connectivity index (χ3n) is 6.29. The smallest absolute Gasteiger partial charge is 0.291 e. The van der Waals surface area contributed by atoms with Crippen LogP contribution in [0.5, 0.6) is 0 Å². The Hall–Kier alpha value is -2.38. The molecule has 2 aliphatic heterocycles. The van der Waals surface area contributed by atoms with Crippen LogP contribution in [0.25, 0.3) is 11.0 Å². The second-order valence-corrected chi connectivity index (χ2v) is 9.18. The van der Waals surface area contributed by atoms with Gasteiger partial charge in [-0.25, -0.2) is 0 Å². The summed E-state index contributed by atoms with van der Waals surface area (Å²) in [5, 5.41) is 1.28. The van der Waals surface area contributed by atoms with Crippen molar-refractivity contribution in [1.29, 1.82) is 0 Å². The van der Waals surface area contributed by atoms with Gasteiger partial charge in [0.25, 0.3) is 5.91 Å². The molecule has 1 N–H and O–H groups in total. The van der Waals surface area contributed by atoms with Gasteiger partial charge in [-0.05, 0) is 36.8 Å². The molecule has 6 nitrogen and oxygen atoms in total. The van der Waals surface area contributed by atoms with Crippen molar-refractivity contribution in [3.05, 3.63) is 79.1 Å². The van der Waals surface area contributed by atoms with Gasteiger partial charge in [0.1, 0.15) is 18.7 Å². The highest BCUT2D eigenvalue weighted by Crippen LogP contribution is 2.39. The van der Waals surface area contributed by atoms with Crippen molar-refractivity contribution in [3.63, 3.8) is 0 Å². The molecule has 3 heterocycles. The second-order valence-electron chi connectivity index (χ2n) is 8.36. The molecule has 5 rings (SSSR count). The van der Waals surface area contributed by atoms with Crippen LogP contribution in [0.4, 0.5) is 0 Å². The number of carbonyl (C=O) groups excluding carboxylic acids is 1. The molecular formula is C24H23Cl2N2O4+. The summed E-state index contributed by atoms with van der Waals surface area (Å²) >= 11 is 12.4. The van der Waals surface area contributed by atoms with Gasteiger partial charge in [0.05, 0.1) is 53.3 Å². The van der Waals surface area contributed by atoms with Crippen molar-refractivity contribution in [2.75, 3.05) is 39.4 Å². The van der Waals surface area contributed by atoms with Crippen LogP contribution in [0, 0.1) is 6.92 Å². The molecule has 1 aromatic heterocycles. The molecule has 0 aliphatic carbocycles. The lowest BCUT2D eigenvalue weighted by Gasteiger charge is -2.29. The van der Waals surface area contributed by atoms with E-state index in [0.29, 0.717) is 46.3 Å². The Balaban J connectivity index is 1.62. The van der Waals surface area contributed by atoms with E-state index < -0.39 is 6.04 Å². The van der Waals surface area contributed by atoms with Crippen LogP contribution >= 0.6 is 23.2 Å². The molecule has 0 bridgehead atoms. The van der Waals surface area contributed by atoms with Crippen LogP contribution in [0.1, 0.15) is 33.3 Å². The first-order valence-electron chi connectivity index (χ1n) is 10.7.